The van der Waals surface area contributed by atoms with E-state index in [1.807, 2.05) is 25.1 Å². The quantitative estimate of drug-likeness (QED) is 0.833. The van der Waals surface area contributed by atoms with Gasteiger partial charge in [0.2, 0.25) is 0 Å². The molecule has 3 rings (SSSR count). The Bertz CT molecular complexity index is 894. The second kappa shape index (κ2) is 6.22. The molecule has 0 radical (unpaired) electrons. The molecule has 2 aromatic rings. The Morgan fingerprint density at radius 3 is 2.42 bits per heavy atom. The number of aryl methyl sites for hydroxylation is 1. The van der Waals surface area contributed by atoms with Crippen molar-refractivity contribution in [3.8, 4) is 17.0 Å². The number of hydrogen-bond acceptors (Lipinski definition) is 2. The van der Waals surface area contributed by atoms with Gasteiger partial charge in [-0.15, -0.1) is 0 Å². The van der Waals surface area contributed by atoms with E-state index >= 15 is 0 Å². The summed E-state index contributed by atoms with van der Waals surface area (Å²) in [6, 6.07) is 7.30. The predicted molar refractivity (Wildman–Crippen MR) is 99.2 cm³/mol. The molecule has 0 amide bonds. The molecular formula is C21H25F2NO2. The molecule has 0 saturated heterocycles. The van der Waals surface area contributed by atoms with Gasteiger partial charge in [0.1, 0.15) is 5.75 Å². The van der Waals surface area contributed by atoms with Crippen molar-refractivity contribution in [1.29, 1.82) is 0 Å². The predicted octanol–water partition coefficient (Wildman–Crippen LogP) is 4.99. The first kappa shape index (κ1) is 18.6. The molecule has 0 spiro atoms. The lowest BCUT2D eigenvalue weighted by Crippen LogP contribution is -2.13. The molecule has 26 heavy (non-hydrogen) atoms. The number of rotatable bonds is 4. The van der Waals surface area contributed by atoms with Crippen LogP contribution in [0.5, 0.6) is 5.75 Å². The fourth-order valence-corrected chi connectivity index (χ4v) is 2.87. The minimum absolute atomic E-state index is 0.0251. The molecule has 1 fully saturated rings. The van der Waals surface area contributed by atoms with Crippen LogP contribution in [0, 0.1) is 19.8 Å². The zero-order valence-electron chi connectivity index (χ0n) is 15.9. The summed E-state index contributed by atoms with van der Waals surface area (Å²) >= 11 is 0. The normalized spacial score (nSPS) is 18.7. The van der Waals surface area contributed by atoms with Crippen LogP contribution in [0.15, 0.2) is 29.1 Å². The van der Waals surface area contributed by atoms with Crippen LogP contribution in [0.2, 0.25) is 0 Å². The summed E-state index contributed by atoms with van der Waals surface area (Å²) in [5.41, 5.74) is 3.68. The van der Waals surface area contributed by atoms with E-state index < -0.39 is 11.8 Å². The molecule has 0 bridgehead atoms. The van der Waals surface area contributed by atoms with E-state index in [1.165, 1.54) is 6.07 Å². The minimum atomic E-state index is -2.61. The van der Waals surface area contributed by atoms with Gasteiger partial charge in [-0.1, -0.05) is 26.8 Å². The molecule has 1 atom stereocenters. The number of nitrogens with one attached hydrogen (secondary N) is 1. The molecular weight excluding hydrogens is 336 g/mol. The summed E-state index contributed by atoms with van der Waals surface area (Å²) in [4.78, 5) is 15.4. The number of aromatic amines is 1. The Hall–Kier alpha value is -2.17. The van der Waals surface area contributed by atoms with E-state index in [0.29, 0.717) is 22.6 Å². The molecule has 5 heteroatoms. The number of H-pyrrole nitrogens is 1. The van der Waals surface area contributed by atoms with Crippen LogP contribution in [0.4, 0.5) is 8.78 Å². The molecule has 1 N–H and O–H groups in total. The zero-order valence-corrected chi connectivity index (χ0v) is 15.9. The third-order valence-electron chi connectivity index (χ3n) is 5.06. The zero-order chi connectivity index (χ0) is 19.3. The number of hydrogen-bond donors (Lipinski definition) is 1. The summed E-state index contributed by atoms with van der Waals surface area (Å²) in [5.74, 6) is -2.82. The number of benzene rings is 1. The van der Waals surface area contributed by atoms with Gasteiger partial charge < -0.3 is 9.72 Å². The molecule has 1 aliphatic carbocycles. The van der Waals surface area contributed by atoms with Crippen LogP contribution >= 0.6 is 0 Å². The number of ether oxygens (including phenoxy) is 1. The molecule has 1 aromatic carbocycles. The number of aromatic nitrogens is 1. The van der Waals surface area contributed by atoms with Crippen molar-refractivity contribution in [2.75, 3.05) is 6.61 Å². The summed E-state index contributed by atoms with van der Waals surface area (Å²) in [5, 5.41) is 0. The standard InChI is InChI=1S/C21H25F2NO2/c1-12-13(2)24-17(9-18(12)25)16-7-6-14(20(3,4)5)8-19(16)26-11-15-10-21(15,22)23/h6-9,15H,10-11H2,1-5H3,(H,24,25)/t15-/m0/s1. The topological polar surface area (TPSA) is 42.1 Å². The van der Waals surface area contributed by atoms with E-state index in [2.05, 4.69) is 25.8 Å². The van der Waals surface area contributed by atoms with Gasteiger partial charge in [0.15, 0.2) is 5.43 Å². The molecule has 0 unspecified atom stereocenters. The largest absolute Gasteiger partial charge is 0.492 e. The lowest BCUT2D eigenvalue weighted by Gasteiger charge is -2.22. The minimum Gasteiger partial charge on any atom is -0.492 e. The molecule has 1 aliphatic rings. The maximum atomic E-state index is 13.2. The molecule has 3 nitrogen and oxygen atoms in total. The Morgan fingerprint density at radius 2 is 1.88 bits per heavy atom. The highest BCUT2D eigenvalue weighted by Crippen LogP contribution is 2.49. The van der Waals surface area contributed by atoms with Crippen LogP contribution in [0.1, 0.15) is 44.0 Å². The van der Waals surface area contributed by atoms with E-state index in [1.54, 1.807) is 6.92 Å². The van der Waals surface area contributed by atoms with Gasteiger partial charge in [-0.3, -0.25) is 4.79 Å². The van der Waals surface area contributed by atoms with Crippen LogP contribution in [-0.2, 0) is 5.41 Å². The first-order valence-electron chi connectivity index (χ1n) is 8.85. The van der Waals surface area contributed by atoms with Crippen LogP contribution in [0.3, 0.4) is 0 Å². The average Bonchev–Trinajstić information content (AvgIpc) is 3.16. The van der Waals surface area contributed by atoms with E-state index in [0.717, 1.165) is 11.3 Å². The van der Waals surface area contributed by atoms with E-state index in [9.17, 15) is 13.6 Å². The number of alkyl halides is 2. The Labute approximate surface area is 152 Å². The lowest BCUT2D eigenvalue weighted by molar-refractivity contribution is 0.0856. The number of halogens is 2. The van der Waals surface area contributed by atoms with Crippen molar-refractivity contribution in [2.24, 2.45) is 5.92 Å². The van der Waals surface area contributed by atoms with Gasteiger partial charge in [-0.2, -0.15) is 0 Å². The second-order valence-electron chi connectivity index (χ2n) is 8.23. The molecule has 0 aliphatic heterocycles. The van der Waals surface area contributed by atoms with Crippen molar-refractivity contribution in [3.05, 3.63) is 51.3 Å². The molecule has 140 valence electrons. The van der Waals surface area contributed by atoms with Gasteiger partial charge in [0.05, 0.1) is 18.2 Å². The highest BCUT2D eigenvalue weighted by atomic mass is 19.3. The summed E-state index contributed by atoms with van der Waals surface area (Å²) in [7, 11) is 0. The molecule has 1 saturated carbocycles. The van der Waals surface area contributed by atoms with Crippen molar-refractivity contribution in [1.82, 2.24) is 4.98 Å². The first-order valence-corrected chi connectivity index (χ1v) is 8.85. The number of pyridine rings is 1. The Morgan fingerprint density at radius 1 is 1.23 bits per heavy atom. The SMILES string of the molecule is Cc1[nH]c(-c2ccc(C(C)(C)C)cc2OC[C@@H]2CC2(F)F)cc(=O)c1C. The van der Waals surface area contributed by atoms with Crippen LogP contribution < -0.4 is 10.2 Å². The third kappa shape index (κ3) is 3.67. The summed E-state index contributed by atoms with van der Waals surface area (Å²) in [6.45, 7) is 9.83. The van der Waals surface area contributed by atoms with Gasteiger partial charge in [-0.05, 0) is 37.0 Å². The fourth-order valence-electron chi connectivity index (χ4n) is 2.87. The fraction of sp³-hybridized carbons (Fsp3) is 0.476. The first-order chi connectivity index (χ1) is 12.0. The Balaban J connectivity index is 2.02. The van der Waals surface area contributed by atoms with Gasteiger partial charge in [-0.25, -0.2) is 8.78 Å². The highest BCUT2D eigenvalue weighted by Gasteiger charge is 2.57. The van der Waals surface area contributed by atoms with Gasteiger partial charge in [0, 0.05) is 29.3 Å². The maximum Gasteiger partial charge on any atom is 0.255 e. The van der Waals surface area contributed by atoms with Gasteiger partial charge >= 0.3 is 0 Å². The lowest BCUT2D eigenvalue weighted by atomic mass is 9.86. The van der Waals surface area contributed by atoms with Crippen LogP contribution in [-0.4, -0.2) is 17.5 Å². The highest BCUT2D eigenvalue weighted by molar-refractivity contribution is 5.68. The molecule has 1 aromatic heterocycles. The maximum absolute atomic E-state index is 13.2. The molecule has 1 heterocycles. The van der Waals surface area contributed by atoms with Crippen molar-refractivity contribution < 1.29 is 13.5 Å². The third-order valence-corrected chi connectivity index (χ3v) is 5.06. The summed E-state index contributed by atoms with van der Waals surface area (Å²) in [6.07, 6.45) is -0.123. The second-order valence-corrected chi connectivity index (χ2v) is 8.23. The average molecular weight is 361 g/mol. The summed E-state index contributed by atoms with van der Waals surface area (Å²) < 4.78 is 32.2. The Kier molecular flexibility index (Phi) is 4.45. The van der Waals surface area contributed by atoms with E-state index in [4.69, 9.17) is 4.74 Å². The smallest absolute Gasteiger partial charge is 0.255 e. The van der Waals surface area contributed by atoms with Crippen molar-refractivity contribution in [2.45, 2.75) is 52.4 Å². The van der Waals surface area contributed by atoms with Crippen molar-refractivity contribution in [3.63, 3.8) is 0 Å². The monoisotopic (exact) mass is 361 g/mol. The van der Waals surface area contributed by atoms with Crippen LogP contribution in [0.25, 0.3) is 11.3 Å². The van der Waals surface area contributed by atoms with E-state index in [-0.39, 0.29) is 23.9 Å². The van der Waals surface area contributed by atoms with Gasteiger partial charge in [0.25, 0.3) is 5.92 Å². The van der Waals surface area contributed by atoms with Crippen molar-refractivity contribution >= 4 is 0 Å².